The van der Waals surface area contributed by atoms with Crippen LogP contribution in [-0.2, 0) is 4.79 Å². The van der Waals surface area contributed by atoms with Crippen LogP contribution in [0.5, 0.6) is 0 Å². The van der Waals surface area contributed by atoms with Crippen molar-refractivity contribution in [2.75, 3.05) is 6.54 Å². The van der Waals surface area contributed by atoms with Crippen molar-refractivity contribution in [3.63, 3.8) is 0 Å². The van der Waals surface area contributed by atoms with E-state index in [4.69, 9.17) is 0 Å². The minimum atomic E-state index is -0.452. The summed E-state index contributed by atoms with van der Waals surface area (Å²) in [6, 6.07) is 1.53. The SMILES string of the molecule is Cc1cn2nc(C3CNC(=O)NC3=O)cc(C3CC3)c2n1. The first-order chi connectivity index (χ1) is 10.1. The molecule has 7 heteroatoms. The topological polar surface area (TPSA) is 88.4 Å². The first-order valence-corrected chi connectivity index (χ1v) is 7.07. The fraction of sp³-hybridized carbons (Fsp3) is 0.429. The number of aromatic nitrogens is 3. The zero-order valence-electron chi connectivity index (χ0n) is 11.6. The molecule has 1 unspecified atom stereocenters. The van der Waals surface area contributed by atoms with E-state index in [0.29, 0.717) is 11.6 Å². The molecule has 2 aliphatic rings. The summed E-state index contributed by atoms with van der Waals surface area (Å²) < 4.78 is 1.75. The molecule has 0 aromatic carbocycles. The first kappa shape index (κ1) is 12.3. The van der Waals surface area contributed by atoms with Gasteiger partial charge in [0.2, 0.25) is 5.91 Å². The average Bonchev–Trinajstić information content (AvgIpc) is 3.19. The molecule has 0 radical (unpaired) electrons. The van der Waals surface area contributed by atoms with Crippen LogP contribution in [0.4, 0.5) is 4.79 Å². The Kier molecular flexibility index (Phi) is 2.51. The molecule has 0 bridgehead atoms. The van der Waals surface area contributed by atoms with E-state index in [0.717, 1.165) is 29.7 Å². The standard InChI is InChI=1S/C14H15N5O2/c1-7-6-19-12(16-7)9(8-2-3-8)4-11(18-19)10-5-15-14(21)17-13(10)20/h4,6,8,10H,2-3,5H2,1H3,(H2,15,17,20,21). The monoisotopic (exact) mass is 285 g/mol. The number of imide groups is 1. The highest BCUT2D eigenvalue weighted by Crippen LogP contribution is 2.42. The normalized spacial score (nSPS) is 22.2. The predicted octanol–water partition coefficient (Wildman–Crippen LogP) is 0.838. The summed E-state index contributed by atoms with van der Waals surface area (Å²) in [6.45, 7) is 2.21. The lowest BCUT2D eigenvalue weighted by Gasteiger charge is -2.22. The van der Waals surface area contributed by atoms with Crippen LogP contribution in [0.25, 0.3) is 5.65 Å². The number of carbonyl (C=O) groups is 2. The van der Waals surface area contributed by atoms with Gasteiger partial charge in [0, 0.05) is 12.1 Å². The van der Waals surface area contributed by atoms with Crippen molar-refractivity contribution in [3.05, 3.63) is 29.2 Å². The molecule has 1 saturated carbocycles. The summed E-state index contributed by atoms with van der Waals surface area (Å²) in [5.74, 6) is -0.242. The van der Waals surface area contributed by atoms with Crippen LogP contribution in [0.1, 0.15) is 41.6 Å². The highest BCUT2D eigenvalue weighted by atomic mass is 16.2. The summed E-state index contributed by atoms with van der Waals surface area (Å²) in [7, 11) is 0. The first-order valence-electron chi connectivity index (χ1n) is 7.07. The van der Waals surface area contributed by atoms with Crippen molar-refractivity contribution in [2.24, 2.45) is 0 Å². The Morgan fingerprint density at radius 1 is 1.33 bits per heavy atom. The Hall–Kier alpha value is -2.44. The maximum atomic E-state index is 12.0. The summed E-state index contributed by atoms with van der Waals surface area (Å²) in [4.78, 5) is 27.7. The smallest absolute Gasteiger partial charge is 0.321 e. The van der Waals surface area contributed by atoms with Crippen LogP contribution in [-0.4, -0.2) is 33.1 Å². The molecule has 2 aromatic rings. The van der Waals surface area contributed by atoms with Gasteiger partial charge in [-0.3, -0.25) is 10.1 Å². The van der Waals surface area contributed by atoms with E-state index in [1.54, 1.807) is 4.52 Å². The second-order valence-electron chi connectivity index (χ2n) is 5.70. The molecule has 2 N–H and O–H groups in total. The number of nitrogens with zero attached hydrogens (tertiary/aromatic N) is 3. The van der Waals surface area contributed by atoms with E-state index >= 15 is 0 Å². The van der Waals surface area contributed by atoms with Gasteiger partial charge in [-0.25, -0.2) is 14.3 Å². The Morgan fingerprint density at radius 3 is 2.86 bits per heavy atom. The van der Waals surface area contributed by atoms with Crippen LogP contribution < -0.4 is 10.6 Å². The van der Waals surface area contributed by atoms with Crippen molar-refractivity contribution in [3.8, 4) is 0 Å². The van der Waals surface area contributed by atoms with Crippen LogP contribution in [0.3, 0.4) is 0 Å². The second kappa shape index (κ2) is 4.28. The fourth-order valence-corrected chi connectivity index (χ4v) is 2.77. The molecule has 1 atom stereocenters. The minimum absolute atomic E-state index is 0.279. The van der Waals surface area contributed by atoms with E-state index in [2.05, 4.69) is 20.7 Å². The Labute approximate surface area is 120 Å². The third-order valence-corrected chi connectivity index (χ3v) is 3.99. The van der Waals surface area contributed by atoms with Gasteiger partial charge < -0.3 is 5.32 Å². The third kappa shape index (κ3) is 2.05. The predicted molar refractivity (Wildman–Crippen MR) is 74.0 cm³/mol. The molecule has 1 aliphatic heterocycles. The van der Waals surface area contributed by atoms with Gasteiger partial charge in [0.05, 0.1) is 23.5 Å². The molecule has 2 aromatic heterocycles. The molecule has 1 aliphatic carbocycles. The van der Waals surface area contributed by atoms with Crippen LogP contribution in [0, 0.1) is 6.92 Å². The quantitative estimate of drug-likeness (QED) is 0.855. The zero-order chi connectivity index (χ0) is 14.6. The molecule has 1 saturated heterocycles. The van der Waals surface area contributed by atoms with Crippen LogP contribution in [0.2, 0.25) is 0 Å². The van der Waals surface area contributed by atoms with Gasteiger partial charge in [-0.15, -0.1) is 0 Å². The maximum absolute atomic E-state index is 12.0. The maximum Gasteiger partial charge on any atom is 0.321 e. The molecule has 7 nitrogen and oxygen atoms in total. The highest BCUT2D eigenvalue weighted by Gasteiger charge is 2.32. The summed E-state index contributed by atoms with van der Waals surface area (Å²) in [5.41, 5.74) is 3.61. The van der Waals surface area contributed by atoms with Gasteiger partial charge in [-0.1, -0.05) is 0 Å². The number of carbonyl (C=O) groups excluding carboxylic acids is 2. The number of urea groups is 1. The van der Waals surface area contributed by atoms with E-state index in [1.165, 1.54) is 0 Å². The lowest BCUT2D eigenvalue weighted by molar-refractivity contribution is -0.122. The second-order valence-corrected chi connectivity index (χ2v) is 5.70. The Bertz CT molecular complexity index is 762. The van der Waals surface area contributed by atoms with Crippen molar-refractivity contribution in [1.29, 1.82) is 0 Å². The van der Waals surface area contributed by atoms with Gasteiger partial charge in [-0.2, -0.15) is 5.10 Å². The molecule has 3 heterocycles. The van der Waals surface area contributed by atoms with Gasteiger partial charge in [0.1, 0.15) is 0 Å². The Morgan fingerprint density at radius 2 is 2.14 bits per heavy atom. The number of hydrogen-bond acceptors (Lipinski definition) is 4. The zero-order valence-corrected chi connectivity index (χ0v) is 11.6. The van der Waals surface area contributed by atoms with Gasteiger partial charge in [-0.05, 0) is 31.7 Å². The largest absolute Gasteiger partial charge is 0.337 e. The van der Waals surface area contributed by atoms with Crippen molar-refractivity contribution in [2.45, 2.75) is 31.6 Å². The summed E-state index contributed by atoms with van der Waals surface area (Å²) in [5, 5.41) is 9.44. The number of imidazole rings is 1. The molecule has 21 heavy (non-hydrogen) atoms. The van der Waals surface area contributed by atoms with Gasteiger partial charge in [0.25, 0.3) is 0 Å². The van der Waals surface area contributed by atoms with Crippen molar-refractivity contribution in [1.82, 2.24) is 25.2 Å². The molecule has 2 fully saturated rings. The molecular formula is C14H15N5O2. The van der Waals surface area contributed by atoms with Crippen LogP contribution >= 0.6 is 0 Å². The average molecular weight is 285 g/mol. The number of rotatable bonds is 2. The molecule has 3 amide bonds. The van der Waals surface area contributed by atoms with E-state index in [9.17, 15) is 9.59 Å². The van der Waals surface area contributed by atoms with Crippen LogP contribution in [0.15, 0.2) is 12.3 Å². The molecule has 108 valence electrons. The van der Waals surface area contributed by atoms with Crippen molar-refractivity contribution < 1.29 is 9.59 Å². The minimum Gasteiger partial charge on any atom is -0.337 e. The Balaban J connectivity index is 1.81. The highest BCUT2D eigenvalue weighted by molar-refractivity contribution is 6.00. The number of hydrogen-bond donors (Lipinski definition) is 2. The van der Waals surface area contributed by atoms with Crippen molar-refractivity contribution >= 4 is 17.6 Å². The fourth-order valence-electron chi connectivity index (χ4n) is 2.77. The van der Waals surface area contributed by atoms with Gasteiger partial charge in [0.15, 0.2) is 5.65 Å². The van der Waals surface area contributed by atoms with E-state index in [-0.39, 0.29) is 12.5 Å². The van der Waals surface area contributed by atoms with E-state index in [1.807, 2.05) is 19.2 Å². The summed E-state index contributed by atoms with van der Waals surface area (Å²) in [6.07, 6.45) is 4.17. The van der Waals surface area contributed by atoms with Gasteiger partial charge >= 0.3 is 6.03 Å². The lowest BCUT2D eigenvalue weighted by Crippen LogP contribution is -2.51. The number of aryl methyl sites for hydroxylation is 1. The third-order valence-electron chi connectivity index (χ3n) is 3.99. The summed E-state index contributed by atoms with van der Waals surface area (Å²) >= 11 is 0. The lowest BCUT2D eigenvalue weighted by atomic mass is 10.0. The molecule has 0 spiro atoms. The number of fused-ring (bicyclic) bond motifs is 1. The van der Waals surface area contributed by atoms with E-state index < -0.39 is 11.9 Å². The molecular weight excluding hydrogens is 270 g/mol. The number of amides is 3. The number of nitrogens with one attached hydrogen (secondary N) is 2. The molecule has 4 rings (SSSR count).